The summed E-state index contributed by atoms with van der Waals surface area (Å²) in [5.41, 5.74) is 2.78. The SMILES string of the molecule is Cc1ccc(-c2nc(SCc3cc(=O)c4cccc(F)c4[nH]3)n[nH]2)cc1. The van der Waals surface area contributed by atoms with Crippen LogP contribution >= 0.6 is 11.8 Å². The lowest BCUT2D eigenvalue weighted by Gasteiger charge is -2.03. The highest BCUT2D eigenvalue weighted by Crippen LogP contribution is 2.22. The summed E-state index contributed by atoms with van der Waals surface area (Å²) in [5, 5.41) is 8.02. The number of aromatic nitrogens is 4. The Morgan fingerprint density at radius 3 is 2.77 bits per heavy atom. The molecule has 4 aromatic rings. The number of hydrogen-bond donors (Lipinski definition) is 2. The topological polar surface area (TPSA) is 74.4 Å². The van der Waals surface area contributed by atoms with Crippen molar-refractivity contribution < 1.29 is 4.39 Å². The summed E-state index contributed by atoms with van der Waals surface area (Å²) in [7, 11) is 0. The minimum absolute atomic E-state index is 0.204. The van der Waals surface area contributed by atoms with E-state index in [1.54, 1.807) is 6.07 Å². The molecule has 2 heterocycles. The van der Waals surface area contributed by atoms with E-state index in [1.807, 2.05) is 31.2 Å². The van der Waals surface area contributed by atoms with E-state index in [0.717, 1.165) is 5.56 Å². The first kappa shape index (κ1) is 16.5. The van der Waals surface area contributed by atoms with Gasteiger partial charge in [0.25, 0.3) is 0 Å². The summed E-state index contributed by atoms with van der Waals surface area (Å²) in [6.07, 6.45) is 0. The van der Waals surface area contributed by atoms with Crippen LogP contribution in [-0.4, -0.2) is 20.2 Å². The third-order valence-electron chi connectivity index (χ3n) is 4.02. The van der Waals surface area contributed by atoms with Crippen molar-refractivity contribution in [3.05, 3.63) is 75.8 Å². The largest absolute Gasteiger partial charge is 0.355 e. The molecule has 130 valence electrons. The highest BCUT2D eigenvalue weighted by molar-refractivity contribution is 7.98. The van der Waals surface area contributed by atoms with E-state index in [1.165, 1.54) is 35.5 Å². The molecule has 0 spiro atoms. The quantitative estimate of drug-likeness (QED) is 0.534. The van der Waals surface area contributed by atoms with Gasteiger partial charge in [0.05, 0.1) is 5.52 Å². The summed E-state index contributed by atoms with van der Waals surface area (Å²) >= 11 is 1.37. The van der Waals surface area contributed by atoms with Crippen molar-refractivity contribution in [1.82, 2.24) is 20.2 Å². The summed E-state index contributed by atoms with van der Waals surface area (Å²) in [6, 6.07) is 13.9. The zero-order valence-electron chi connectivity index (χ0n) is 13.9. The number of halogens is 1. The fraction of sp³-hybridized carbons (Fsp3) is 0.105. The van der Waals surface area contributed by atoms with Gasteiger partial charge < -0.3 is 4.98 Å². The second-order valence-electron chi connectivity index (χ2n) is 5.94. The van der Waals surface area contributed by atoms with Crippen LogP contribution in [0.25, 0.3) is 22.3 Å². The zero-order valence-corrected chi connectivity index (χ0v) is 14.7. The number of hydrogen-bond acceptors (Lipinski definition) is 4. The third-order valence-corrected chi connectivity index (χ3v) is 4.91. The van der Waals surface area contributed by atoms with Crippen LogP contribution in [0.2, 0.25) is 0 Å². The number of aromatic amines is 2. The Morgan fingerprint density at radius 1 is 1.15 bits per heavy atom. The summed E-state index contributed by atoms with van der Waals surface area (Å²) in [4.78, 5) is 19.6. The number of nitrogens with one attached hydrogen (secondary N) is 2. The number of thioether (sulfide) groups is 1. The Labute approximate surface area is 152 Å². The molecule has 2 aromatic carbocycles. The monoisotopic (exact) mass is 366 g/mol. The fourth-order valence-corrected chi connectivity index (χ4v) is 3.37. The number of para-hydroxylation sites is 1. The molecule has 0 aliphatic rings. The molecule has 2 aromatic heterocycles. The van der Waals surface area contributed by atoms with Crippen LogP contribution in [0.5, 0.6) is 0 Å². The number of pyridine rings is 1. The number of fused-ring (bicyclic) bond motifs is 1. The number of H-pyrrole nitrogens is 2. The predicted molar refractivity (Wildman–Crippen MR) is 101 cm³/mol. The van der Waals surface area contributed by atoms with E-state index in [9.17, 15) is 9.18 Å². The molecule has 0 bridgehead atoms. The maximum absolute atomic E-state index is 13.9. The molecule has 0 aliphatic carbocycles. The first-order chi connectivity index (χ1) is 12.6. The first-order valence-corrected chi connectivity index (χ1v) is 9.01. The van der Waals surface area contributed by atoms with Gasteiger partial charge in [-0.25, -0.2) is 9.37 Å². The average Bonchev–Trinajstić information content (AvgIpc) is 3.10. The molecule has 26 heavy (non-hydrogen) atoms. The van der Waals surface area contributed by atoms with Crippen molar-refractivity contribution in [1.29, 1.82) is 0 Å². The molecule has 0 radical (unpaired) electrons. The third kappa shape index (κ3) is 3.25. The Bertz CT molecular complexity index is 1130. The average molecular weight is 366 g/mol. The normalized spacial score (nSPS) is 11.2. The van der Waals surface area contributed by atoms with Crippen molar-refractivity contribution >= 4 is 22.7 Å². The molecule has 0 aliphatic heterocycles. The van der Waals surface area contributed by atoms with E-state index in [4.69, 9.17) is 0 Å². The van der Waals surface area contributed by atoms with E-state index in [2.05, 4.69) is 20.2 Å². The molecule has 0 amide bonds. The standard InChI is InChI=1S/C19H15FN4OS/c1-11-5-7-12(8-6-11)18-22-19(24-23-18)26-10-13-9-16(25)14-3-2-4-15(20)17(14)21-13/h2-9H,10H2,1H3,(H,21,25)(H,22,23,24). The van der Waals surface area contributed by atoms with Crippen LogP contribution in [0.4, 0.5) is 4.39 Å². The van der Waals surface area contributed by atoms with Crippen molar-refractivity contribution in [2.24, 2.45) is 0 Å². The molecule has 2 N–H and O–H groups in total. The molecular weight excluding hydrogens is 351 g/mol. The molecule has 0 unspecified atom stereocenters. The van der Waals surface area contributed by atoms with Crippen molar-refractivity contribution in [3.8, 4) is 11.4 Å². The van der Waals surface area contributed by atoms with Gasteiger partial charge in [0.1, 0.15) is 5.82 Å². The Hall–Kier alpha value is -2.93. The highest BCUT2D eigenvalue weighted by atomic mass is 32.2. The highest BCUT2D eigenvalue weighted by Gasteiger charge is 2.09. The maximum Gasteiger partial charge on any atom is 0.209 e. The van der Waals surface area contributed by atoms with Gasteiger partial charge in [-0.15, -0.1) is 5.10 Å². The van der Waals surface area contributed by atoms with Crippen LogP contribution in [0, 0.1) is 12.7 Å². The van der Waals surface area contributed by atoms with Crippen LogP contribution in [0.1, 0.15) is 11.3 Å². The fourth-order valence-electron chi connectivity index (χ4n) is 2.66. The number of rotatable bonds is 4. The summed E-state index contributed by atoms with van der Waals surface area (Å²) in [6.45, 7) is 2.03. The van der Waals surface area contributed by atoms with Crippen LogP contribution < -0.4 is 5.43 Å². The lowest BCUT2D eigenvalue weighted by atomic mass is 10.1. The van der Waals surface area contributed by atoms with Gasteiger partial charge in [0.2, 0.25) is 5.16 Å². The second kappa shape index (κ2) is 6.76. The zero-order chi connectivity index (χ0) is 18.1. The van der Waals surface area contributed by atoms with E-state index < -0.39 is 5.82 Å². The lowest BCUT2D eigenvalue weighted by Crippen LogP contribution is -2.05. The Kier molecular flexibility index (Phi) is 4.30. The molecular formula is C19H15FN4OS. The van der Waals surface area contributed by atoms with E-state index in [-0.39, 0.29) is 10.9 Å². The molecule has 0 fully saturated rings. The van der Waals surface area contributed by atoms with Gasteiger partial charge in [-0.3, -0.25) is 9.89 Å². The minimum atomic E-state index is -0.439. The number of benzene rings is 2. The summed E-state index contributed by atoms with van der Waals surface area (Å²) in [5.74, 6) is 0.682. The molecule has 7 heteroatoms. The van der Waals surface area contributed by atoms with E-state index >= 15 is 0 Å². The van der Waals surface area contributed by atoms with Crippen molar-refractivity contribution in [2.45, 2.75) is 17.8 Å². The van der Waals surface area contributed by atoms with Gasteiger partial charge in [-0.2, -0.15) is 0 Å². The van der Waals surface area contributed by atoms with Crippen LogP contribution in [-0.2, 0) is 5.75 Å². The molecule has 0 saturated carbocycles. The smallest absolute Gasteiger partial charge is 0.209 e. The van der Waals surface area contributed by atoms with Gasteiger partial charge in [0, 0.05) is 28.5 Å². The first-order valence-electron chi connectivity index (χ1n) is 8.03. The van der Waals surface area contributed by atoms with E-state index in [0.29, 0.717) is 27.8 Å². The van der Waals surface area contributed by atoms with Crippen molar-refractivity contribution in [3.63, 3.8) is 0 Å². The van der Waals surface area contributed by atoms with Gasteiger partial charge in [0.15, 0.2) is 11.3 Å². The molecule has 0 atom stereocenters. The lowest BCUT2D eigenvalue weighted by molar-refractivity contribution is 0.636. The second-order valence-corrected chi connectivity index (χ2v) is 6.89. The molecule has 0 saturated heterocycles. The van der Waals surface area contributed by atoms with Crippen molar-refractivity contribution in [2.75, 3.05) is 0 Å². The maximum atomic E-state index is 13.9. The minimum Gasteiger partial charge on any atom is -0.355 e. The van der Waals surface area contributed by atoms with Gasteiger partial charge in [-0.1, -0.05) is 47.7 Å². The van der Waals surface area contributed by atoms with Crippen LogP contribution in [0.3, 0.4) is 0 Å². The number of nitrogens with zero attached hydrogens (tertiary/aromatic N) is 2. The molecule has 5 nitrogen and oxygen atoms in total. The number of aryl methyl sites for hydroxylation is 1. The van der Waals surface area contributed by atoms with Gasteiger partial charge in [-0.05, 0) is 19.1 Å². The van der Waals surface area contributed by atoms with Crippen LogP contribution in [0.15, 0.2) is 58.5 Å². The summed E-state index contributed by atoms with van der Waals surface area (Å²) < 4.78 is 13.9. The molecule has 4 rings (SSSR count). The Morgan fingerprint density at radius 2 is 1.96 bits per heavy atom. The van der Waals surface area contributed by atoms with Gasteiger partial charge >= 0.3 is 0 Å². The predicted octanol–water partition coefficient (Wildman–Crippen LogP) is 4.05. The Balaban J connectivity index is 1.54.